The lowest BCUT2D eigenvalue weighted by atomic mass is 10.1. The van der Waals surface area contributed by atoms with Crippen molar-refractivity contribution < 1.29 is 14.3 Å². The van der Waals surface area contributed by atoms with Gasteiger partial charge in [-0.2, -0.15) is 0 Å². The second kappa shape index (κ2) is 6.36. The molecule has 5 nitrogen and oxygen atoms in total. The van der Waals surface area contributed by atoms with Crippen molar-refractivity contribution in [2.75, 3.05) is 0 Å². The third kappa shape index (κ3) is 3.23. The molecule has 0 aliphatic carbocycles. The second-order valence-electron chi connectivity index (χ2n) is 5.06. The Morgan fingerprint density at radius 2 is 1.70 bits per heavy atom. The zero-order chi connectivity index (χ0) is 16.2. The van der Waals surface area contributed by atoms with Crippen molar-refractivity contribution in [3.05, 3.63) is 71.0 Å². The van der Waals surface area contributed by atoms with E-state index in [4.69, 9.17) is 4.74 Å². The van der Waals surface area contributed by atoms with Crippen LogP contribution in [-0.2, 0) is 11.3 Å². The maximum Gasteiger partial charge on any atom is 0.338 e. The van der Waals surface area contributed by atoms with Crippen LogP contribution in [0.4, 0.5) is 0 Å². The largest absolute Gasteiger partial charge is 0.456 e. The summed E-state index contributed by atoms with van der Waals surface area (Å²) in [5, 5.41) is 0. The van der Waals surface area contributed by atoms with Crippen LogP contribution in [0.15, 0.2) is 48.5 Å². The smallest absolute Gasteiger partial charge is 0.338 e. The fourth-order valence-electron chi connectivity index (χ4n) is 2.18. The molecule has 3 rings (SSSR count). The number of esters is 1. The summed E-state index contributed by atoms with van der Waals surface area (Å²) in [6.45, 7) is 1.89. The molecule has 0 atom stereocenters. The first-order chi connectivity index (χ1) is 11.2. The number of carbonyl (C=O) groups excluding carboxylic acids is 2. The number of benzene rings is 2. The Morgan fingerprint density at radius 3 is 2.35 bits per heavy atom. The number of fused-ring (bicyclic) bond motifs is 1. The predicted octanol–water partition coefficient (Wildman–Crippen LogP) is 3.11. The van der Waals surface area contributed by atoms with E-state index in [1.165, 1.54) is 0 Å². The molecule has 23 heavy (non-hydrogen) atoms. The van der Waals surface area contributed by atoms with Crippen molar-refractivity contribution in [1.29, 1.82) is 0 Å². The number of carbonyl (C=O) groups is 2. The number of hydrogen-bond acceptors (Lipinski definition) is 5. The Morgan fingerprint density at radius 1 is 1.04 bits per heavy atom. The highest BCUT2D eigenvalue weighted by molar-refractivity contribution is 5.90. The average Bonchev–Trinajstić information content (AvgIpc) is 2.59. The molecular formula is C18H14N2O3. The molecule has 5 heteroatoms. The summed E-state index contributed by atoms with van der Waals surface area (Å²) in [5.41, 5.74) is 3.83. The van der Waals surface area contributed by atoms with Gasteiger partial charge in [-0.15, -0.1) is 0 Å². The fourth-order valence-corrected chi connectivity index (χ4v) is 2.18. The van der Waals surface area contributed by atoms with Crippen LogP contribution >= 0.6 is 0 Å². The van der Waals surface area contributed by atoms with Crippen molar-refractivity contribution in [1.82, 2.24) is 9.97 Å². The summed E-state index contributed by atoms with van der Waals surface area (Å²) in [5.74, 6) is -0.461. The number of hydrogen-bond donors (Lipinski definition) is 0. The summed E-state index contributed by atoms with van der Waals surface area (Å²) < 4.78 is 5.29. The molecule has 1 heterocycles. The van der Waals surface area contributed by atoms with E-state index < -0.39 is 5.97 Å². The number of para-hydroxylation sites is 2. The Kier molecular flexibility index (Phi) is 4.10. The third-order valence-electron chi connectivity index (χ3n) is 3.47. The van der Waals surface area contributed by atoms with E-state index in [-0.39, 0.29) is 6.61 Å². The molecular weight excluding hydrogens is 292 g/mol. The lowest BCUT2D eigenvalue weighted by molar-refractivity contribution is 0.0467. The number of ether oxygens (including phenoxy) is 1. The molecule has 0 unspecified atom stereocenters. The van der Waals surface area contributed by atoms with E-state index in [1.54, 1.807) is 24.3 Å². The van der Waals surface area contributed by atoms with Gasteiger partial charge in [-0.1, -0.05) is 24.3 Å². The zero-order valence-electron chi connectivity index (χ0n) is 12.5. The normalized spacial score (nSPS) is 10.5. The minimum atomic E-state index is -0.461. The Labute approximate surface area is 133 Å². The monoisotopic (exact) mass is 306 g/mol. The highest BCUT2D eigenvalue weighted by Crippen LogP contribution is 2.14. The van der Waals surface area contributed by atoms with Crippen molar-refractivity contribution >= 4 is 23.3 Å². The number of rotatable bonds is 4. The van der Waals surface area contributed by atoms with Crippen LogP contribution in [-0.4, -0.2) is 22.2 Å². The van der Waals surface area contributed by atoms with Crippen LogP contribution in [0.2, 0.25) is 0 Å². The first-order valence-corrected chi connectivity index (χ1v) is 7.12. The first kappa shape index (κ1) is 14.8. The molecule has 0 N–H and O–H groups in total. The molecule has 1 aromatic heterocycles. The molecule has 0 radical (unpaired) electrons. The van der Waals surface area contributed by atoms with E-state index in [0.29, 0.717) is 16.8 Å². The van der Waals surface area contributed by atoms with Gasteiger partial charge in [-0.25, -0.2) is 14.8 Å². The molecule has 2 aromatic carbocycles. The number of aryl methyl sites for hydroxylation is 1. The second-order valence-corrected chi connectivity index (χ2v) is 5.06. The molecule has 0 saturated carbocycles. The van der Waals surface area contributed by atoms with Gasteiger partial charge >= 0.3 is 5.97 Å². The lowest BCUT2D eigenvalue weighted by Gasteiger charge is -2.08. The molecule has 0 saturated heterocycles. The minimum Gasteiger partial charge on any atom is -0.456 e. The van der Waals surface area contributed by atoms with Crippen LogP contribution < -0.4 is 0 Å². The Hall–Kier alpha value is -3.08. The maximum absolute atomic E-state index is 12.0. The van der Waals surface area contributed by atoms with Crippen molar-refractivity contribution in [3.8, 4) is 0 Å². The molecule has 0 bridgehead atoms. The van der Waals surface area contributed by atoms with Gasteiger partial charge in [0, 0.05) is 5.56 Å². The molecule has 0 amide bonds. The quantitative estimate of drug-likeness (QED) is 0.547. The van der Waals surface area contributed by atoms with E-state index in [1.807, 2.05) is 31.2 Å². The third-order valence-corrected chi connectivity index (χ3v) is 3.47. The molecule has 3 aromatic rings. The minimum absolute atomic E-state index is 0.0535. The number of aldehydes is 1. The summed E-state index contributed by atoms with van der Waals surface area (Å²) in [6.07, 6.45) is 0.725. The van der Waals surface area contributed by atoms with Crippen LogP contribution in [0, 0.1) is 6.92 Å². The van der Waals surface area contributed by atoms with Crippen molar-refractivity contribution in [2.45, 2.75) is 13.5 Å². The van der Waals surface area contributed by atoms with Crippen LogP contribution in [0.5, 0.6) is 0 Å². The highest BCUT2D eigenvalue weighted by atomic mass is 16.5. The standard InChI is InChI=1S/C18H14N2O3/c1-12-17(20-16-5-3-2-4-15(16)19-12)11-23-18(22)14-8-6-13(10-21)7-9-14/h2-10H,11H2,1H3. The first-order valence-electron chi connectivity index (χ1n) is 7.12. The zero-order valence-corrected chi connectivity index (χ0v) is 12.5. The molecule has 0 fully saturated rings. The topological polar surface area (TPSA) is 69.2 Å². The fraction of sp³-hybridized carbons (Fsp3) is 0.111. The van der Waals surface area contributed by atoms with E-state index in [9.17, 15) is 9.59 Å². The number of aromatic nitrogens is 2. The molecule has 0 aliphatic heterocycles. The summed E-state index contributed by atoms with van der Waals surface area (Å²) >= 11 is 0. The Bertz CT molecular complexity index is 873. The van der Waals surface area contributed by atoms with Gasteiger partial charge in [0.25, 0.3) is 0 Å². The SMILES string of the molecule is Cc1nc2ccccc2nc1COC(=O)c1ccc(C=O)cc1. The van der Waals surface area contributed by atoms with E-state index in [2.05, 4.69) is 9.97 Å². The van der Waals surface area contributed by atoms with Gasteiger partial charge in [0.1, 0.15) is 12.9 Å². The van der Waals surface area contributed by atoms with Gasteiger partial charge in [0.05, 0.1) is 28.0 Å². The Balaban J connectivity index is 1.75. The van der Waals surface area contributed by atoms with Crippen molar-refractivity contribution in [2.24, 2.45) is 0 Å². The average molecular weight is 306 g/mol. The van der Waals surface area contributed by atoms with Gasteiger partial charge in [-0.05, 0) is 31.2 Å². The lowest BCUT2D eigenvalue weighted by Crippen LogP contribution is -2.08. The van der Waals surface area contributed by atoms with Gasteiger partial charge < -0.3 is 4.74 Å². The maximum atomic E-state index is 12.0. The molecule has 114 valence electrons. The van der Waals surface area contributed by atoms with Gasteiger partial charge in [0.2, 0.25) is 0 Å². The van der Waals surface area contributed by atoms with Crippen LogP contribution in [0.3, 0.4) is 0 Å². The van der Waals surface area contributed by atoms with Gasteiger partial charge in [0.15, 0.2) is 0 Å². The molecule has 0 aliphatic rings. The molecule has 0 spiro atoms. The van der Waals surface area contributed by atoms with E-state index in [0.717, 1.165) is 23.0 Å². The van der Waals surface area contributed by atoms with Crippen LogP contribution in [0.25, 0.3) is 11.0 Å². The van der Waals surface area contributed by atoms with Gasteiger partial charge in [-0.3, -0.25) is 4.79 Å². The highest BCUT2D eigenvalue weighted by Gasteiger charge is 2.10. The van der Waals surface area contributed by atoms with Crippen LogP contribution in [0.1, 0.15) is 32.1 Å². The van der Waals surface area contributed by atoms with E-state index >= 15 is 0 Å². The predicted molar refractivity (Wildman–Crippen MR) is 85.2 cm³/mol. The van der Waals surface area contributed by atoms with Crippen molar-refractivity contribution in [3.63, 3.8) is 0 Å². The summed E-state index contributed by atoms with van der Waals surface area (Å²) in [7, 11) is 0. The number of nitrogens with zero attached hydrogens (tertiary/aromatic N) is 2. The summed E-state index contributed by atoms with van der Waals surface area (Å²) in [4.78, 5) is 31.6. The summed E-state index contributed by atoms with van der Waals surface area (Å²) in [6, 6.07) is 13.8.